The van der Waals surface area contributed by atoms with E-state index in [0.717, 1.165) is 45.3 Å². The van der Waals surface area contributed by atoms with Crippen molar-refractivity contribution in [3.05, 3.63) is 0 Å². The van der Waals surface area contributed by atoms with Gasteiger partial charge in [0.1, 0.15) is 0 Å². The molecule has 2 aliphatic heterocycles. The van der Waals surface area contributed by atoms with Gasteiger partial charge in [0.05, 0.1) is 12.7 Å². The zero-order valence-corrected chi connectivity index (χ0v) is 19.5. The number of morpholine rings is 1. The Morgan fingerprint density at radius 3 is 2.46 bits per heavy atom. The molecule has 0 aromatic rings. The molecule has 2 atom stereocenters. The minimum absolute atomic E-state index is 0. The zero-order chi connectivity index (χ0) is 18.1. The summed E-state index contributed by atoms with van der Waals surface area (Å²) in [7, 11) is 1.84. The fraction of sp³-hybridized carbons (Fsp3) is 0.947. The van der Waals surface area contributed by atoms with E-state index < -0.39 is 0 Å². The summed E-state index contributed by atoms with van der Waals surface area (Å²) < 4.78 is 5.91. The molecule has 0 aromatic heterocycles. The normalized spacial score (nSPS) is 23.7. The lowest BCUT2D eigenvalue weighted by Gasteiger charge is -2.34. The van der Waals surface area contributed by atoms with Crippen molar-refractivity contribution in [2.75, 3.05) is 66.0 Å². The molecule has 2 heterocycles. The SMILES string of the molecule is CN=C(NCC(C)CN1CCCC1)NCC1CN(CC(C)C)CCO1.I. The van der Waals surface area contributed by atoms with E-state index in [1.54, 1.807) is 0 Å². The molecule has 154 valence electrons. The van der Waals surface area contributed by atoms with Crippen LogP contribution in [0.4, 0.5) is 0 Å². The number of hydrogen-bond donors (Lipinski definition) is 2. The monoisotopic (exact) mass is 481 g/mol. The van der Waals surface area contributed by atoms with E-state index in [1.807, 2.05) is 7.05 Å². The number of ether oxygens (including phenoxy) is 1. The van der Waals surface area contributed by atoms with Crippen molar-refractivity contribution in [2.45, 2.75) is 39.7 Å². The van der Waals surface area contributed by atoms with Gasteiger partial charge in [0.2, 0.25) is 0 Å². The van der Waals surface area contributed by atoms with Gasteiger partial charge in [0, 0.05) is 46.3 Å². The van der Waals surface area contributed by atoms with Crippen LogP contribution < -0.4 is 10.6 Å². The summed E-state index contributed by atoms with van der Waals surface area (Å²) in [5, 5.41) is 6.90. The highest BCUT2D eigenvalue weighted by Gasteiger charge is 2.21. The van der Waals surface area contributed by atoms with Crippen LogP contribution in [0.3, 0.4) is 0 Å². The number of rotatable bonds is 8. The van der Waals surface area contributed by atoms with E-state index in [4.69, 9.17) is 4.74 Å². The highest BCUT2D eigenvalue weighted by molar-refractivity contribution is 14.0. The second kappa shape index (κ2) is 13.1. The van der Waals surface area contributed by atoms with Crippen molar-refractivity contribution >= 4 is 29.9 Å². The molecule has 2 fully saturated rings. The van der Waals surface area contributed by atoms with E-state index in [2.05, 4.69) is 46.2 Å². The molecular formula is C19H40IN5O. The summed E-state index contributed by atoms with van der Waals surface area (Å²) in [4.78, 5) is 9.44. The molecule has 2 unspecified atom stereocenters. The zero-order valence-electron chi connectivity index (χ0n) is 17.2. The van der Waals surface area contributed by atoms with Crippen LogP contribution in [-0.4, -0.2) is 87.9 Å². The molecule has 6 nitrogen and oxygen atoms in total. The van der Waals surface area contributed by atoms with E-state index in [0.29, 0.717) is 11.8 Å². The molecule has 0 aromatic carbocycles. The van der Waals surface area contributed by atoms with Crippen LogP contribution in [-0.2, 0) is 4.74 Å². The van der Waals surface area contributed by atoms with Crippen LogP contribution >= 0.6 is 24.0 Å². The third-order valence-electron chi connectivity index (χ3n) is 4.95. The van der Waals surface area contributed by atoms with Gasteiger partial charge in [-0.3, -0.25) is 9.89 Å². The Labute approximate surface area is 177 Å². The molecule has 0 radical (unpaired) electrons. The molecule has 0 saturated carbocycles. The number of aliphatic imine (C=N–C) groups is 1. The Morgan fingerprint density at radius 2 is 1.81 bits per heavy atom. The van der Waals surface area contributed by atoms with E-state index >= 15 is 0 Å². The fourth-order valence-corrected chi connectivity index (χ4v) is 3.76. The Hall–Kier alpha value is -0.120. The van der Waals surface area contributed by atoms with Crippen molar-refractivity contribution < 1.29 is 4.74 Å². The molecule has 0 spiro atoms. The van der Waals surface area contributed by atoms with Crippen molar-refractivity contribution in [3.8, 4) is 0 Å². The van der Waals surface area contributed by atoms with Gasteiger partial charge in [0.15, 0.2) is 5.96 Å². The first-order chi connectivity index (χ1) is 12.1. The molecule has 26 heavy (non-hydrogen) atoms. The Morgan fingerprint density at radius 1 is 1.08 bits per heavy atom. The minimum Gasteiger partial charge on any atom is -0.374 e. The maximum Gasteiger partial charge on any atom is 0.191 e. The summed E-state index contributed by atoms with van der Waals surface area (Å²) >= 11 is 0. The van der Waals surface area contributed by atoms with Gasteiger partial charge in [-0.05, 0) is 37.8 Å². The summed E-state index contributed by atoms with van der Waals surface area (Å²) in [5.41, 5.74) is 0. The van der Waals surface area contributed by atoms with E-state index in [9.17, 15) is 0 Å². The smallest absolute Gasteiger partial charge is 0.191 e. The van der Waals surface area contributed by atoms with Gasteiger partial charge in [-0.15, -0.1) is 24.0 Å². The highest BCUT2D eigenvalue weighted by Crippen LogP contribution is 2.10. The minimum atomic E-state index is 0. The predicted molar refractivity (Wildman–Crippen MR) is 121 cm³/mol. The number of nitrogens with one attached hydrogen (secondary N) is 2. The summed E-state index contributed by atoms with van der Waals surface area (Å²) in [6.45, 7) is 16.4. The van der Waals surface area contributed by atoms with Gasteiger partial charge in [-0.25, -0.2) is 0 Å². The van der Waals surface area contributed by atoms with Gasteiger partial charge >= 0.3 is 0 Å². The molecule has 2 aliphatic rings. The number of hydrogen-bond acceptors (Lipinski definition) is 4. The topological polar surface area (TPSA) is 52.1 Å². The Balaban J connectivity index is 0.00000338. The lowest BCUT2D eigenvalue weighted by molar-refractivity contribution is -0.0284. The molecule has 0 aliphatic carbocycles. The highest BCUT2D eigenvalue weighted by atomic mass is 127. The lowest BCUT2D eigenvalue weighted by Crippen LogP contribution is -2.50. The fourth-order valence-electron chi connectivity index (χ4n) is 3.76. The first-order valence-electron chi connectivity index (χ1n) is 10.1. The maximum absolute atomic E-state index is 5.91. The van der Waals surface area contributed by atoms with Crippen molar-refractivity contribution in [2.24, 2.45) is 16.8 Å². The number of guanidine groups is 1. The third-order valence-corrected chi connectivity index (χ3v) is 4.95. The van der Waals surface area contributed by atoms with E-state index in [1.165, 1.54) is 32.5 Å². The average Bonchev–Trinajstić information content (AvgIpc) is 3.07. The maximum atomic E-state index is 5.91. The van der Waals surface area contributed by atoms with Crippen molar-refractivity contribution in [1.82, 2.24) is 20.4 Å². The quantitative estimate of drug-likeness (QED) is 0.315. The van der Waals surface area contributed by atoms with Crippen LogP contribution in [0.25, 0.3) is 0 Å². The van der Waals surface area contributed by atoms with Crippen LogP contribution in [0.15, 0.2) is 4.99 Å². The van der Waals surface area contributed by atoms with Crippen molar-refractivity contribution in [3.63, 3.8) is 0 Å². The molecule has 7 heteroatoms. The average molecular weight is 481 g/mol. The van der Waals surface area contributed by atoms with Gasteiger partial charge in [-0.1, -0.05) is 20.8 Å². The van der Waals surface area contributed by atoms with Crippen molar-refractivity contribution in [1.29, 1.82) is 0 Å². The number of nitrogens with zero attached hydrogens (tertiary/aromatic N) is 3. The molecule has 2 N–H and O–H groups in total. The van der Waals surface area contributed by atoms with Crippen LogP contribution in [0.1, 0.15) is 33.6 Å². The Kier molecular flexibility index (Phi) is 12.1. The largest absolute Gasteiger partial charge is 0.374 e. The first kappa shape index (κ1) is 23.9. The second-order valence-electron chi connectivity index (χ2n) is 8.09. The number of halogens is 1. The summed E-state index contributed by atoms with van der Waals surface area (Å²) in [6, 6.07) is 0. The third kappa shape index (κ3) is 9.19. The van der Waals surface area contributed by atoms with Crippen LogP contribution in [0, 0.1) is 11.8 Å². The molecular weight excluding hydrogens is 441 g/mol. The Bertz CT molecular complexity index is 401. The molecule has 2 saturated heterocycles. The predicted octanol–water partition coefficient (Wildman–Crippen LogP) is 1.86. The lowest BCUT2D eigenvalue weighted by atomic mass is 10.1. The van der Waals surface area contributed by atoms with E-state index in [-0.39, 0.29) is 30.1 Å². The van der Waals surface area contributed by atoms with Crippen LogP contribution in [0.2, 0.25) is 0 Å². The van der Waals surface area contributed by atoms with Gasteiger partial charge in [-0.2, -0.15) is 0 Å². The molecule has 0 amide bonds. The first-order valence-corrected chi connectivity index (χ1v) is 10.1. The summed E-state index contributed by atoms with van der Waals surface area (Å²) in [5.74, 6) is 2.22. The molecule has 0 bridgehead atoms. The summed E-state index contributed by atoms with van der Waals surface area (Å²) in [6.07, 6.45) is 2.96. The molecule has 2 rings (SSSR count). The van der Waals surface area contributed by atoms with Gasteiger partial charge < -0.3 is 20.3 Å². The number of likely N-dealkylation sites (tertiary alicyclic amines) is 1. The second-order valence-corrected chi connectivity index (χ2v) is 8.09. The van der Waals surface area contributed by atoms with Crippen LogP contribution in [0.5, 0.6) is 0 Å². The standard InChI is InChI=1S/C19H39N5O.HI/c1-16(2)13-24-9-10-25-18(15-24)12-22-19(20-4)21-11-17(3)14-23-7-5-6-8-23;/h16-18H,5-15H2,1-4H3,(H2,20,21,22);1H. The van der Waals surface area contributed by atoms with Gasteiger partial charge in [0.25, 0.3) is 0 Å².